The van der Waals surface area contributed by atoms with Gasteiger partial charge < -0.3 is 9.84 Å². The number of rotatable bonds is 5. The fourth-order valence-electron chi connectivity index (χ4n) is 3.07. The number of pyridine rings is 1. The Balaban J connectivity index is 2.09. The van der Waals surface area contributed by atoms with E-state index in [0.717, 1.165) is 17.4 Å². The molecule has 1 unspecified atom stereocenters. The molecule has 2 heterocycles. The van der Waals surface area contributed by atoms with Gasteiger partial charge in [0.2, 0.25) is 5.88 Å². The van der Waals surface area contributed by atoms with E-state index in [1.807, 2.05) is 6.07 Å². The van der Waals surface area contributed by atoms with Crippen molar-refractivity contribution in [1.82, 2.24) is 4.57 Å². The van der Waals surface area contributed by atoms with Gasteiger partial charge in [-0.3, -0.25) is 19.5 Å². The molecule has 0 radical (unpaired) electrons. The van der Waals surface area contributed by atoms with E-state index in [4.69, 9.17) is 4.74 Å². The van der Waals surface area contributed by atoms with E-state index >= 15 is 0 Å². The lowest BCUT2D eigenvalue weighted by atomic mass is 10.1. The first kappa shape index (κ1) is 22.1. The molecular formula is C18H15Br2N5O5. The average Bonchev–Trinajstić information content (AvgIpc) is 3.20. The van der Waals surface area contributed by atoms with E-state index in [-0.39, 0.29) is 40.8 Å². The number of aromatic hydroxyl groups is 1. The summed E-state index contributed by atoms with van der Waals surface area (Å²) in [5.74, 6) is -0.438. The van der Waals surface area contributed by atoms with Crippen LogP contribution in [0, 0.1) is 28.4 Å². The number of benzene rings is 1. The third-order valence-corrected chi connectivity index (χ3v) is 5.85. The van der Waals surface area contributed by atoms with E-state index < -0.39 is 16.4 Å². The normalized spacial score (nSPS) is 16.1. The second-order valence-electron chi connectivity index (χ2n) is 6.55. The van der Waals surface area contributed by atoms with Crippen LogP contribution in [0.15, 0.2) is 36.1 Å². The first-order valence-corrected chi connectivity index (χ1v) is 10.4. The molecule has 0 spiro atoms. The zero-order valence-electron chi connectivity index (χ0n) is 15.6. The predicted molar refractivity (Wildman–Crippen MR) is 113 cm³/mol. The van der Waals surface area contributed by atoms with Crippen molar-refractivity contribution in [1.29, 1.82) is 5.26 Å². The summed E-state index contributed by atoms with van der Waals surface area (Å²) in [7, 11) is 0. The number of aromatic nitrogens is 1. The van der Waals surface area contributed by atoms with Gasteiger partial charge in [0, 0.05) is 24.3 Å². The van der Waals surface area contributed by atoms with Gasteiger partial charge in [0.15, 0.2) is 5.69 Å². The van der Waals surface area contributed by atoms with Crippen molar-refractivity contribution in [2.45, 2.75) is 32.4 Å². The Kier molecular flexibility index (Phi) is 6.64. The number of azo groups is 1. The highest BCUT2D eigenvalue weighted by atomic mass is 79.9. The highest BCUT2D eigenvalue weighted by Crippen LogP contribution is 2.38. The van der Waals surface area contributed by atoms with Gasteiger partial charge in [-0.15, -0.1) is 10.2 Å². The van der Waals surface area contributed by atoms with Crippen LogP contribution in [0.2, 0.25) is 0 Å². The van der Waals surface area contributed by atoms with Crippen molar-refractivity contribution in [3.8, 4) is 11.9 Å². The van der Waals surface area contributed by atoms with Crippen LogP contribution in [0.4, 0.5) is 17.1 Å². The molecule has 0 amide bonds. The molecule has 30 heavy (non-hydrogen) atoms. The Labute approximate surface area is 187 Å². The minimum atomic E-state index is -0.614. The molecule has 3 rings (SSSR count). The Morgan fingerprint density at radius 1 is 1.37 bits per heavy atom. The molecule has 2 aromatic rings. The smallest absolute Gasteiger partial charge is 0.281 e. The fraction of sp³-hybridized carbons (Fsp3) is 0.333. The maximum Gasteiger partial charge on any atom is 0.281 e. The van der Waals surface area contributed by atoms with Crippen LogP contribution in [-0.4, -0.2) is 27.3 Å². The van der Waals surface area contributed by atoms with E-state index in [9.17, 15) is 25.3 Å². The monoisotopic (exact) mass is 539 g/mol. The zero-order chi connectivity index (χ0) is 22.0. The number of hydrogen-bond acceptors (Lipinski definition) is 8. The summed E-state index contributed by atoms with van der Waals surface area (Å²) in [6, 6.07) is 4.42. The predicted octanol–water partition coefficient (Wildman–Crippen LogP) is 4.76. The molecule has 1 aliphatic heterocycles. The molecule has 1 aromatic heterocycles. The second-order valence-corrected chi connectivity index (χ2v) is 8.26. The molecule has 10 nitrogen and oxygen atoms in total. The summed E-state index contributed by atoms with van der Waals surface area (Å²) in [5, 5.41) is 38.9. The summed E-state index contributed by atoms with van der Waals surface area (Å²) in [6.45, 7) is 2.16. The standard InChI is InChI=1S/C18H15Br2N5O5/c1-9-12(7-21)17(26)24(8-11-3-2-4-30-11)18(27)15(9)22-23-16-13(19)5-10(25(28)29)6-14(16)20/h5-6,11,26H,2-4,8H2,1H3. The minimum absolute atomic E-state index is 0.0802. The van der Waals surface area contributed by atoms with Gasteiger partial charge >= 0.3 is 0 Å². The maximum absolute atomic E-state index is 13.0. The Morgan fingerprint density at radius 2 is 2.00 bits per heavy atom. The molecule has 1 N–H and O–H groups in total. The highest BCUT2D eigenvalue weighted by molar-refractivity contribution is 9.11. The summed E-state index contributed by atoms with van der Waals surface area (Å²) in [4.78, 5) is 23.4. The first-order chi connectivity index (χ1) is 14.2. The zero-order valence-corrected chi connectivity index (χ0v) is 18.8. The molecule has 1 aromatic carbocycles. The molecule has 0 aliphatic carbocycles. The fourth-order valence-corrected chi connectivity index (χ4v) is 4.39. The SMILES string of the molecule is Cc1c(C#N)c(O)n(CC2CCCO2)c(=O)c1N=Nc1c(Br)cc([N+](=O)[O-])cc1Br. The topological polar surface area (TPSA) is 143 Å². The Morgan fingerprint density at radius 3 is 2.53 bits per heavy atom. The lowest BCUT2D eigenvalue weighted by molar-refractivity contribution is -0.385. The minimum Gasteiger partial charge on any atom is -0.493 e. The number of ether oxygens (including phenoxy) is 1. The number of non-ortho nitro benzene ring substituents is 1. The highest BCUT2D eigenvalue weighted by Gasteiger charge is 2.24. The van der Waals surface area contributed by atoms with Gasteiger partial charge in [-0.25, -0.2) is 0 Å². The van der Waals surface area contributed by atoms with Crippen molar-refractivity contribution in [3.05, 3.63) is 52.7 Å². The number of nitro groups is 1. The van der Waals surface area contributed by atoms with Crippen molar-refractivity contribution >= 4 is 48.9 Å². The molecular weight excluding hydrogens is 526 g/mol. The van der Waals surface area contributed by atoms with Gasteiger partial charge in [-0.1, -0.05) is 0 Å². The molecule has 1 fully saturated rings. The summed E-state index contributed by atoms with van der Waals surface area (Å²) in [6.07, 6.45) is 1.35. The van der Waals surface area contributed by atoms with Gasteiger partial charge in [0.25, 0.3) is 11.2 Å². The van der Waals surface area contributed by atoms with E-state index in [0.29, 0.717) is 15.6 Å². The van der Waals surface area contributed by atoms with Crippen molar-refractivity contribution < 1.29 is 14.8 Å². The number of hydrogen-bond donors (Lipinski definition) is 1. The van der Waals surface area contributed by atoms with Crippen molar-refractivity contribution in [2.75, 3.05) is 6.61 Å². The summed E-state index contributed by atoms with van der Waals surface area (Å²) < 4.78 is 7.18. The molecule has 0 bridgehead atoms. The van der Waals surface area contributed by atoms with Gasteiger partial charge in [-0.05, 0) is 51.6 Å². The maximum atomic E-state index is 13.0. The van der Waals surface area contributed by atoms with E-state index in [2.05, 4.69) is 42.1 Å². The van der Waals surface area contributed by atoms with Crippen molar-refractivity contribution in [2.24, 2.45) is 10.2 Å². The molecule has 156 valence electrons. The Hall–Kier alpha value is -2.62. The largest absolute Gasteiger partial charge is 0.493 e. The Bertz CT molecular complexity index is 1130. The lowest BCUT2D eigenvalue weighted by Crippen LogP contribution is -2.27. The molecule has 1 saturated heterocycles. The van der Waals surface area contributed by atoms with E-state index in [1.165, 1.54) is 19.1 Å². The average molecular weight is 541 g/mol. The van der Waals surface area contributed by atoms with Crippen molar-refractivity contribution in [3.63, 3.8) is 0 Å². The van der Waals surface area contributed by atoms with Gasteiger partial charge in [0.1, 0.15) is 17.3 Å². The van der Waals surface area contributed by atoms with Crippen LogP contribution < -0.4 is 5.56 Å². The number of halogens is 2. The van der Waals surface area contributed by atoms with Crippen LogP contribution in [0.5, 0.6) is 5.88 Å². The third kappa shape index (κ3) is 4.28. The van der Waals surface area contributed by atoms with Crippen LogP contribution >= 0.6 is 31.9 Å². The number of nitrogens with zero attached hydrogens (tertiary/aromatic N) is 5. The first-order valence-electron chi connectivity index (χ1n) is 8.77. The van der Waals surface area contributed by atoms with Crippen LogP contribution in [0.3, 0.4) is 0 Å². The quantitative estimate of drug-likeness (QED) is 0.329. The molecule has 0 saturated carbocycles. The van der Waals surface area contributed by atoms with Gasteiger partial charge in [-0.2, -0.15) is 5.26 Å². The number of nitro benzene ring substituents is 1. The summed E-state index contributed by atoms with van der Waals surface area (Å²) >= 11 is 6.42. The van der Waals surface area contributed by atoms with Crippen LogP contribution in [-0.2, 0) is 11.3 Å². The van der Waals surface area contributed by atoms with E-state index in [1.54, 1.807) is 0 Å². The lowest BCUT2D eigenvalue weighted by Gasteiger charge is -2.16. The molecule has 12 heteroatoms. The molecule has 1 atom stereocenters. The third-order valence-electron chi connectivity index (χ3n) is 4.64. The molecule has 1 aliphatic rings. The van der Waals surface area contributed by atoms with Crippen LogP contribution in [0.1, 0.15) is 24.0 Å². The summed E-state index contributed by atoms with van der Waals surface area (Å²) in [5.41, 5.74) is -0.544. The van der Waals surface area contributed by atoms with Gasteiger partial charge in [0.05, 0.1) is 26.5 Å². The van der Waals surface area contributed by atoms with Crippen LogP contribution in [0.25, 0.3) is 0 Å². The second kappa shape index (κ2) is 9.03. The number of nitriles is 1.